The molecule has 0 bridgehead atoms. The van der Waals surface area contributed by atoms with E-state index in [9.17, 15) is 4.79 Å². The van der Waals surface area contributed by atoms with E-state index in [-0.39, 0.29) is 12.2 Å². The molecule has 6 heteroatoms. The average Bonchev–Trinajstić information content (AvgIpc) is 2.85. The molecule has 2 rings (SSSR count). The van der Waals surface area contributed by atoms with Gasteiger partial charge in [0.25, 0.3) is 0 Å². The highest BCUT2D eigenvalue weighted by atomic mass is 35.5. The molecule has 0 fully saturated rings. The second-order valence-corrected chi connectivity index (χ2v) is 7.18. The second kappa shape index (κ2) is 6.62. The first-order valence-corrected chi connectivity index (χ1v) is 7.94. The van der Waals surface area contributed by atoms with Crippen molar-refractivity contribution in [3.63, 3.8) is 0 Å². The third-order valence-corrected chi connectivity index (χ3v) is 4.10. The van der Waals surface area contributed by atoms with E-state index in [2.05, 4.69) is 10.1 Å². The number of halogens is 1. The SMILES string of the molecule is CC(C)(C)C(=O)Cc1nc(CSc2ccc(Cl)cc2)no1. The standard InChI is InChI=1S/C15H17ClN2O2S/c1-15(2,3)12(19)8-14-17-13(18-20-14)9-21-11-6-4-10(16)5-7-11/h4-7H,8-9H2,1-3H3. The fourth-order valence-corrected chi connectivity index (χ4v) is 2.37. The molecule has 0 radical (unpaired) electrons. The molecular formula is C15H17ClN2O2S. The first-order valence-electron chi connectivity index (χ1n) is 6.58. The van der Waals surface area contributed by atoms with Gasteiger partial charge in [0.05, 0.1) is 12.2 Å². The van der Waals surface area contributed by atoms with E-state index >= 15 is 0 Å². The fourth-order valence-electron chi connectivity index (χ4n) is 1.50. The Balaban J connectivity index is 1.91. The number of Topliss-reactive ketones (excluding diaryl/α,β-unsaturated/α-hetero) is 1. The van der Waals surface area contributed by atoms with Gasteiger partial charge in [0, 0.05) is 15.3 Å². The number of aromatic nitrogens is 2. The molecule has 1 aromatic carbocycles. The number of ketones is 1. The molecule has 0 spiro atoms. The van der Waals surface area contributed by atoms with Gasteiger partial charge in [-0.25, -0.2) is 0 Å². The van der Waals surface area contributed by atoms with Crippen LogP contribution in [0.3, 0.4) is 0 Å². The topological polar surface area (TPSA) is 56.0 Å². The predicted octanol–water partition coefficient (Wildman–Crippen LogP) is 4.17. The second-order valence-electron chi connectivity index (χ2n) is 5.70. The number of hydrogen-bond donors (Lipinski definition) is 0. The number of benzene rings is 1. The van der Waals surface area contributed by atoms with Crippen LogP contribution in [0.2, 0.25) is 5.02 Å². The summed E-state index contributed by atoms with van der Waals surface area (Å²) in [7, 11) is 0. The van der Waals surface area contributed by atoms with E-state index in [1.165, 1.54) is 0 Å². The zero-order valence-corrected chi connectivity index (χ0v) is 13.8. The minimum absolute atomic E-state index is 0.0862. The Kier molecular flexibility index (Phi) is 5.06. The Labute approximate surface area is 133 Å². The largest absolute Gasteiger partial charge is 0.339 e. The van der Waals surface area contributed by atoms with Crippen molar-refractivity contribution in [2.75, 3.05) is 0 Å². The summed E-state index contributed by atoms with van der Waals surface area (Å²) in [4.78, 5) is 17.2. The maximum atomic E-state index is 11.9. The lowest BCUT2D eigenvalue weighted by atomic mass is 9.89. The molecule has 0 N–H and O–H groups in total. The highest BCUT2D eigenvalue weighted by Crippen LogP contribution is 2.23. The van der Waals surface area contributed by atoms with Gasteiger partial charge in [-0.1, -0.05) is 37.5 Å². The van der Waals surface area contributed by atoms with Crippen molar-refractivity contribution < 1.29 is 9.32 Å². The molecule has 21 heavy (non-hydrogen) atoms. The van der Waals surface area contributed by atoms with Gasteiger partial charge in [-0.15, -0.1) is 11.8 Å². The Hall–Kier alpha value is -1.33. The van der Waals surface area contributed by atoms with Gasteiger partial charge >= 0.3 is 0 Å². The summed E-state index contributed by atoms with van der Waals surface area (Å²) in [5, 5.41) is 4.61. The summed E-state index contributed by atoms with van der Waals surface area (Å²) in [5.41, 5.74) is -0.396. The third kappa shape index (κ3) is 4.86. The van der Waals surface area contributed by atoms with E-state index in [0.717, 1.165) is 4.90 Å². The lowest BCUT2D eigenvalue weighted by Crippen LogP contribution is -2.22. The van der Waals surface area contributed by atoms with E-state index in [1.54, 1.807) is 11.8 Å². The average molecular weight is 325 g/mol. The van der Waals surface area contributed by atoms with Crippen LogP contribution < -0.4 is 0 Å². The molecule has 112 valence electrons. The van der Waals surface area contributed by atoms with Gasteiger partial charge in [-0.05, 0) is 24.3 Å². The number of nitrogens with zero attached hydrogens (tertiary/aromatic N) is 2. The zero-order valence-electron chi connectivity index (χ0n) is 12.2. The van der Waals surface area contributed by atoms with Gasteiger partial charge in [-0.3, -0.25) is 4.79 Å². The predicted molar refractivity (Wildman–Crippen MR) is 83.5 cm³/mol. The summed E-state index contributed by atoms with van der Waals surface area (Å²) in [6.45, 7) is 5.63. The van der Waals surface area contributed by atoms with Crippen molar-refractivity contribution in [2.24, 2.45) is 5.41 Å². The minimum Gasteiger partial charge on any atom is -0.339 e. The summed E-state index contributed by atoms with van der Waals surface area (Å²) in [6, 6.07) is 7.56. The Morgan fingerprint density at radius 1 is 1.29 bits per heavy atom. The number of hydrogen-bond acceptors (Lipinski definition) is 5. The van der Waals surface area contributed by atoms with Crippen LogP contribution in [0.15, 0.2) is 33.7 Å². The van der Waals surface area contributed by atoms with E-state index in [4.69, 9.17) is 16.1 Å². The van der Waals surface area contributed by atoms with Crippen LogP contribution in [0.25, 0.3) is 0 Å². The molecule has 0 amide bonds. The van der Waals surface area contributed by atoms with Gasteiger partial charge in [0.15, 0.2) is 5.82 Å². The van der Waals surface area contributed by atoms with Crippen molar-refractivity contribution in [2.45, 2.75) is 37.8 Å². The monoisotopic (exact) mass is 324 g/mol. The third-order valence-electron chi connectivity index (χ3n) is 2.84. The highest BCUT2D eigenvalue weighted by Gasteiger charge is 2.23. The molecule has 4 nitrogen and oxygen atoms in total. The first kappa shape index (κ1) is 16.0. The maximum absolute atomic E-state index is 11.9. The van der Waals surface area contributed by atoms with Gasteiger partial charge in [-0.2, -0.15) is 4.98 Å². The van der Waals surface area contributed by atoms with Crippen molar-refractivity contribution in [1.82, 2.24) is 10.1 Å². The van der Waals surface area contributed by atoms with Crippen LogP contribution in [-0.2, 0) is 17.0 Å². The van der Waals surface area contributed by atoms with Crippen LogP contribution >= 0.6 is 23.4 Å². The number of carbonyl (C=O) groups is 1. The Bertz CT molecular complexity index is 617. The summed E-state index contributed by atoms with van der Waals surface area (Å²) >= 11 is 7.43. The summed E-state index contributed by atoms with van der Waals surface area (Å²) < 4.78 is 5.12. The van der Waals surface area contributed by atoms with Crippen LogP contribution in [0.5, 0.6) is 0 Å². The molecular weight excluding hydrogens is 308 g/mol. The molecule has 0 atom stereocenters. The minimum atomic E-state index is -0.396. The van der Waals surface area contributed by atoms with Gasteiger partial charge in [0.2, 0.25) is 5.89 Å². The van der Waals surface area contributed by atoms with Crippen molar-refractivity contribution in [3.05, 3.63) is 41.0 Å². The van der Waals surface area contributed by atoms with Gasteiger partial charge in [0.1, 0.15) is 5.78 Å². The number of carbonyl (C=O) groups excluding carboxylic acids is 1. The molecule has 0 saturated carbocycles. The fraction of sp³-hybridized carbons (Fsp3) is 0.400. The van der Waals surface area contributed by atoms with Crippen LogP contribution in [0, 0.1) is 5.41 Å². The van der Waals surface area contributed by atoms with E-state index in [1.807, 2.05) is 45.0 Å². The highest BCUT2D eigenvalue weighted by molar-refractivity contribution is 7.98. The molecule has 2 aromatic rings. The molecule has 0 aliphatic rings. The van der Waals surface area contributed by atoms with Crippen LogP contribution in [-0.4, -0.2) is 15.9 Å². The molecule has 1 aromatic heterocycles. The van der Waals surface area contributed by atoms with E-state index < -0.39 is 5.41 Å². The smallest absolute Gasteiger partial charge is 0.234 e. The Morgan fingerprint density at radius 3 is 2.57 bits per heavy atom. The first-order chi connectivity index (χ1) is 9.84. The lowest BCUT2D eigenvalue weighted by Gasteiger charge is -2.14. The number of rotatable bonds is 5. The number of thioether (sulfide) groups is 1. The normalized spacial score (nSPS) is 11.6. The molecule has 0 aliphatic carbocycles. The molecule has 0 unspecified atom stereocenters. The maximum Gasteiger partial charge on any atom is 0.234 e. The molecule has 1 heterocycles. The van der Waals surface area contributed by atoms with Crippen molar-refractivity contribution in [3.8, 4) is 0 Å². The zero-order chi connectivity index (χ0) is 15.5. The molecule has 0 aliphatic heterocycles. The van der Waals surface area contributed by atoms with Gasteiger partial charge < -0.3 is 4.52 Å². The molecule has 0 saturated heterocycles. The van der Waals surface area contributed by atoms with Crippen molar-refractivity contribution >= 4 is 29.1 Å². The summed E-state index contributed by atoms with van der Waals surface area (Å²) in [5.74, 6) is 1.64. The van der Waals surface area contributed by atoms with E-state index in [0.29, 0.717) is 22.5 Å². The quantitative estimate of drug-likeness (QED) is 0.772. The van der Waals surface area contributed by atoms with Crippen molar-refractivity contribution in [1.29, 1.82) is 0 Å². The van der Waals surface area contributed by atoms with Crippen LogP contribution in [0.1, 0.15) is 32.5 Å². The lowest BCUT2D eigenvalue weighted by molar-refractivity contribution is -0.125. The Morgan fingerprint density at radius 2 is 1.95 bits per heavy atom. The van der Waals surface area contributed by atoms with Crippen LogP contribution in [0.4, 0.5) is 0 Å². The summed E-state index contributed by atoms with van der Waals surface area (Å²) in [6.07, 6.45) is 0.183.